The number of carboxylic acids is 1. The Labute approximate surface area is 144 Å². The van der Waals surface area contributed by atoms with Gasteiger partial charge in [-0.1, -0.05) is 0 Å². The predicted octanol–water partition coefficient (Wildman–Crippen LogP) is -0.790. The molecule has 1 aliphatic heterocycles. The standard InChI is InChI=1S/C16H21N5O4/c17-16(18)11-1-3-12(4-2-11)21-8-7-20(10-14(21)23)9-13(22)19-6-5-15(24)25/h1-4H,5-10H2,(H3,17,18)(H,19,22)(H,24,25). The zero-order valence-electron chi connectivity index (χ0n) is 13.7. The summed E-state index contributed by atoms with van der Waals surface area (Å²) in [6.45, 7) is 1.22. The molecule has 0 spiro atoms. The van der Waals surface area contributed by atoms with Crippen molar-refractivity contribution in [3.8, 4) is 0 Å². The minimum absolute atomic E-state index is 0.0309. The summed E-state index contributed by atoms with van der Waals surface area (Å²) in [5.74, 6) is -1.43. The molecule has 0 saturated carbocycles. The average Bonchev–Trinajstić information content (AvgIpc) is 2.54. The van der Waals surface area contributed by atoms with E-state index < -0.39 is 5.97 Å². The molecule has 0 aliphatic carbocycles. The summed E-state index contributed by atoms with van der Waals surface area (Å²) in [6, 6.07) is 6.85. The van der Waals surface area contributed by atoms with Crippen LogP contribution in [-0.2, 0) is 14.4 Å². The Morgan fingerprint density at radius 3 is 2.48 bits per heavy atom. The van der Waals surface area contributed by atoms with Gasteiger partial charge in [-0.05, 0) is 24.3 Å². The third-order valence-corrected chi connectivity index (χ3v) is 3.82. The lowest BCUT2D eigenvalue weighted by Gasteiger charge is -2.34. The Morgan fingerprint density at radius 1 is 1.24 bits per heavy atom. The van der Waals surface area contributed by atoms with Crippen molar-refractivity contribution in [3.05, 3.63) is 29.8 Å². The molecule has 134 valence electrons. The van der Waals surface area contributed by atoms with Gasteiger partial charge in [0.1, 0.15) is 5.84 Å². The number of nitrogens with two attached hydrogens (primary N) is 1. The van der Waals surface area contributed by atoms with Gasteiger partial charge in [-0.3, -0.25) is 24.7 Å². The number of benzene rings is 1. The van der Waals surface area contributed by atoms with Gasteiger partial charge < -0.3 is 21.1 Å². The average molecular weight is 347 g/mol. The summed E-state index contributed by atoms with van der Waals surface area (Å²) in [5.41, 5.74) is 6.72. The molecule has 9 nitrogen and oxygen atoms in total. The van der Waals surface area contributed by atoms with Crippen LogP contribution >= 0.6 is 0 Å². The normalized spacial score (nSPS) is 15.0. The van der Waals surface area contributed by atoms with Crippen molar-refractivity contribution in [1.29, 1.82) is 5.41 Å². The fourth-order valence-electron chi connectivity index (χ4n) is 2.52. The van der Waals surface area contributed by atoms with Crippen molar-refractivity contribution in [3.63, 3.8) is 0 Å². The van der Waals surface area contributed by atoms with Crippen LogP contribution in [0.3, 0.4) is 0 Å². The number of carbonyl (C=O) groups excluding carboxylic acids is 2. The second kappa shape index (κ2) is 8.25. The smallest absolute Gasteiger partial charge is 0.305 e. The number of piperazine rings is 1. The number of hydrogen-bond acceptors (Lipinski definition) is 5. The van der Waals surface area contributed by atoms with E-state index in [4.69, 9.17) is 16.2 Å². The molecule has 2 amide bonds. The van der Waals surface area contributed by atoms with Crippen LogP contribution in [-0.4, -0.2) is 66.3 Å². The van der Waals surface area contributed by atoms with Gasteiger partial charge >= 0.3 is 5.97 Å². The summed E-state index contributed by atoms with van der Waals surface area (Å²) in [4.78, 5) is 37.8. The van der Waals surface area contributed by atoms with Crippen molar-refractivity contribution in [2.45, 2.75) is 6.42 Å². The van der Waals surface area contributed by atoms with Crippen molar-refractivity contribution in [2.24, 2.45) is 5.73 Å². The van der Waals surface area contributed by atoms with E-state index in [0.717, 1.165) is 5.69 Å². The molecule has 1 heterocycles. The Kier molecular flexibility index (Phi) is 6.07. The number of amidine groups is 1. The largest absolute Gasteiger partial charge is 0.481 e. The van der Waals surface area contributed by atoms with Crippen molar-refractivity contribution < 1.29 is 19.5 Å². The highest BCUT2D eigenvalue weighted by Crippen LogP contribution is 2.18. The quantitative estimate of drug-likeness (QED) is 0.376. The molecule has 0 bridgehead atoms. The SMILES string of the molecule is N=C(N)c1ccc(N2CCN(CC(=O)NCCC(=O)O)CC2=O)cc1. The van der Waals surface area contributed by atoms with E-state index >= 15 is 0 Å². The van der Waals surface area contributed by atoms with Gasteiger partial charge in [0.15, 0.2) is 0 Å². The van der Waals surface area contributed by atoms with Crippen LogP contribution in [0.15, 0.2) is 24.3 Å². The van der Waals surface area contributed by atoms with E-state index in [1.54, 1.807) is 34.1 Å². The van der Waals surface area contributed by atoms with Crippen LogP contribution in [0.2, 0.25) is 0 Å². The summed E-state index contributed by atoms with van der Waals surface area (Å²) >= 11 is 0. The number of hydrogen-bond donors (Lipinski definition) is 4. The maximum atomic E-state index is 12.3. The van der Waals surface area contributed by atoms with E-state index in [1.807, 2.05) is 0 Å². The lowest BCUT2D eigenvalue weighted by atomic mass is 10.1. The van der Waals surface area contributed by atoms with Gasteiger partial charge in [0.05, 0.1) is 19.5 Å². The van der Waals surface area contributed by atoms with Crippen molar-refractivity contribution >= 4 is 29.3 Å². The molecular weight excluding hydrogens is 326 g/mol. The summed E-state index contributed by atoms with van der Waals surface area (Å²) in [7, 11) is 0. The molecule has 25 heavy (non-hydrogen) atoms. The van der Waals surface area contributed by atoms with Crippen molar-refractivity contribution in [1.82, 2.24) is 10.2 Å². The summed E-state index contributed by atoms with van der Waals surface area (Å²) in [5, 5.41) is 18.4. The zero-order chi connectivity index (χ0) is 18.4. The molecule has 5 N–H and O–H groups in total. The maximum absolute atomic E-state index is 12.3. The number of carbonyl (C=O) groups is 3. The molecule has 1 aliphatic rings. The molecule has 1 fully saturated rings. The highest BCUT2D eigenvalue weighted by atomic mass is 16.4. The first kappa shape index (κ1) is 18.4. The molecule has 9 heteroatoms. The highest BCUT2D eigenvalue weighted by Gasteiger charge is 2.26. The number of anilines is 1. The van der Waals surface area contributed by atoms with Gasteiger partial charge in [-0.2, -0.15) is 0 Å². The second-order valence-electron chi connectivity index (χ2n) is 5.71. The maximum Gasteiger partial charge on any atom is 0.305 e. The number of amides is 2. The number of aliphatic carboxylic acids is 1. The van der Waals surface area contributed by atoms with Gasteiger partial charge in [0, 0.05) is 30.9 Å². The number of nitrogens with zero attached hydrogens (tertiary/aromatic N) is 2. The van der Waals surface area contributed by atoms with E-state index in [0.29, 0.717) is 18.7 Å². The fourth-order valence-corrected chi connectivity index (χ4v) is 2.52. The van der Waals surface area contributed by atoms with E-state index in [9.17, 15) is 14.4 Å². The van der Waals surface area contributed by atoms with Crippen LogP contribution in [0.25, 0.3) is 0 Å². The van der Waals surface area contributed by atoms with Gasteiger partial charge in [-0.25, -0.2) is 0 Å². The first-order valence-corrected chi connectivity index (χ1v) is 7.82. The molecule has 0 unspecified atom stereocenters. The zero-order valence-corrected chi connectivity index (χ0v) is 13.7. The molecule has 0 aromatic heterocycles. The fraction of sp³-hybridized carbons (Fsp3) is 0.375. The van der Waals surface area contributed by atoms with E-state index in [-0.39, 0.29) is 43.7 Å². The van der Waals surface area contributed by atoms with Gasteiger partial charge in [0.25, 0.3) is 0 Å². The topological polar surface area (TPSA) is 140 Å². The van der Waals surface area contributed by atoms with Crippen LogP contribution in [0.1, 0.15) is 12.0 Å². The molecule has 1 aromatic rings. The first-order valence-electron chi connectivity index (χ1n) is 7.82. The van der Waals surface area contributed by atoms with Crippen LogP contribution in [0.4, 0.5) is 5.69 Å². The number of nitrogen functional groups attached to an aromatic ring is 1. The molecular formula is C16H21N5O4. The third-order valence-electron chi connectivity index (χ3n) is 3.82. The molecule has 2 rings (SSSR count). The Bertz CT molecular complexity index is 674. The van der Waals surface area contributed by atoms with Gasteiger partial charge in [0.2, 0.25) is 11.8 Å². The van der Waals surface area contributed by atoms with Crippen LogP contribution < -0.4 is 16.0 Å². The minimum atomic E-state index is -0.972. The monoisotopic (exact) mass is 347 g/mol. The lowest BCUT2D eigenvalue weighted by molar-refractivity contribution is -0.136. The summed E-state index contributed by atoms with van der Waals surface area (Å²) in [6.07, 6.45) is -0.130. The predicted molar refractivity (Wildman–Crippen MR) is 91.5 cm³/mol. The van der Waals surface area contributed by atoms with Gasteiger partial charge in [-0.15, -0.1) is 0 Å². The molecule has 0 radical (unpaired) electrons. The Balaban J connectivity index is 1.85. The van der Waals surface area contributed by atoms with Crippen LogP contribution in [0, 0.1) is 5.41 Å². The minimum Gasteiger partial charge on any atom is -0.481 e. The summed E-state index contributed by atoms with van der Waals surface area (Å²) < 4.78 is 0. The highest BCUT2D eigenvalue weighted by molar-refractivity contribution is 5.98. The molecule has 1 saturated heterocycles. The first-order chi connectivity index (χ1) is 11.9. The van der Waals surface area contributed by atoms with E-state index in [2.05, 4.69) is 5.32 Å². The van der Waals surface area contributed by atoms with Crippen LogP contribution in [0.5, 0.6) is 0 Å². The number of nitrogens with one attached hydrogen (secondary N) is 2. The number of rotatable bonds is 7. The number of carboxylic acid groups (broad SMARTS) is 1. The van der Waals surface area contributed by atoms with E-state index in [1.165, 1.54) is 0 Å². The molecule has 1 aromatic carbocycles. The second-order valence-corrected chi connectivity index (χ2v) is 5.71. The Hall–Kier alpha value is -2.94. The lowest BCUT2D eigenvalue weighted by Crippen LogP contribution is -2.52. The van der Waals surface area contributed by atoms with Crippen molar-refractivity contribution in [2.75, 3.05) is 37.6 Å². The molecule has 0 atom stereocenters. The third kappa shape index (κ3) is 5.28. The Morgan fingerprint density at radius 2 is 1.92 bits per heavy atom.